The number of carbonyl (C=O) groups excluding carboxylic acids is 2. The second-order valence-corrected chi connectivity index (χ2v) is 5.92. The Morgan fingerprint density at radius 1 is 1.00 bits per heavy atom. The van der Waals surface area contributed by atoms with Crippen LogP contribution in [-0.4, -0.2) is 54.1 Å². The molecule has 21 heavy (non-hydrogen) atoms. The van der Waals surface area contributed by atoms with Crippen LogP contribution in [0.25, 0.3) is 0 Å². The number of urea groups is 1. The van der Waals surface area contributed by atoms with Gasteiger partial charge in [-0.1, -0.05) is 12.8 Å². The van der Waals surface area contributed by atoms with Gasteiger partial charge in [0.05, 0.1) is 12.0 Å². The molecule has 2 fully saturated rings. The van der Waals surface area contributed by atoms with E-state index in [-0.39, 0.29) is 19.0 Å². The van der Waals surface area contributed by atoms with Crippen molar-refractivity contribution in [2.45, 2.75) is 38.5 Å². The number of amides is 3. The van der Waals surface area contributed by atoms with Crippen LogP contribution >= 0.6 is 0 Å². The molecule has 1 saturated heterocycles. The van der Waals surface area contributed by atoms with Crippen LogP contribution in [0, 0.1) is 5.41 Å². The average molecular weight is 297 g/mol. The van der Waals surface area contributed by atoms with Crippen LogP contribution < -0.4 is 10.6 Å². The van der Waals surface area contributed by atoms with E-state index < -0.39 is 17.4 Å². The van der Waals surface area contributed by atoms with E-state index in [9.17, 15) is 19.5 Å². The summed E-state index contributed by atoms with van der Waals surface area (Å²) in [7, 11) is 0. The number of hydrogen-bond acceptors (Lipinski definition) is 3. The number of carbonyl (C=O) groups is 3. The number of carboxylic acid groups (broad SMARTS) is 1. The molecule has 1 aliphatic heterocycles. The highest BCUT2D eigenvalue weighted by molar-refractivity contribution is 5.84. The van der Waals surface area contributed by atoms with E-state index in [1.165, 1.54) is 0 Å². The zero-order valence-electron chi connectivity index (χ0n) is 12.2. The molecule has 0 aromatic heterocycles. The molecule has 3 amide bonds. The maximum Gasteiger partial charge on any atom is 0.315 e. The summed E-state index contributed by atoms with van der Waals surface area (Å²) in [6, 6.07) is -0.477. The first-order valence-corrected chi connectivity index (χ1v) is 7.56. The van der Waals surface area contributed by atoms with Gasteiger partial charge in [0.25, 0.3) is 0 Å². The smallest absolute Gasteiger partial charge is 0.315 e. The maximum atomic E-state index is 11.8. The lowest BCUT2D eigenvalue weighted by molar-refractivity contribution is -0.148. The zero-order chi connectivity index (χ0) is 15.3. The summed E-state index contributed by atoms with van der Waals surface area (Å²) in [6.07, 6.45) is 4.97. The van der Waals surface area contributed by atoms with Crippen LogP contribution in [-0.2, 0) is 9.59 Å². The molecular formula is C14H23N3O4. The fourth-order valence-electron chi connectivity index (χ4n) is 3.06. The van der Waals surface area contributed by atoms with E-state index >= 15 is 0 Å². The lowest BCUT2D eigenvalue weighted by Gasteiger charge is -2.24. The second-order valence-electron chi connectivity index (χ2n) is 5.92. The third-order valence-corrected chi connectivity index (χ3v) is 4.46. The standard InChI is InChI=1S/C14H23N3O4/c18-11(17-7-3-4-8-17)9-15-13(21)16-10-14(12(19)20)5-1-2-6-14/h1-10H2,(H,19,20)(H2,15,16,21). The van der Waals surface area contributed by atoms with Gasteiger partial charge in [0.2, 0.25) is 5.91 Å². The Morgan fingerprint density at radius 3 is 2.19 bits per heavy atom. The Balaban J connectivity index is 1.71. The van der Waals surface area contributed by atoms with Gasteiger partial charge in [-0.2, -0.15) is 0 Å². The first kappa shape index (κ1) is 15.6. The van der Waals surface area contributed by atoms with Gasteiger partial charge in [-0.05, 0) is 25.7 Å². The van der Waals surface area contributed by atoms with E-state index in [0.29, 0.717) is 12.8 Å². The van der Waals surface area contributed by atoms with Crippen LogP contribution in [0.1, 0.15) is 38.5 Å². The van der Waals surface area contributed by atoms with Crippen molar-refractivity contribution in [2.75, 3.05) is 26.2 Å². The van der Waals surface area contributed by atoms with Gasteiger partial charge in [-0.25, -0.2) is 4.79 Å². The van der Waals surface area contributed by atoms with Gasteiger partial charge in [-0.3, -0.25) is 9.59 Å². The Labute approximate surface area is 124 Å². The van der Waals surface area contributed by atoms with Crippen molar-refractivity contribution < 1.29 is 19.5 Å². The largest absolute Gasteiger partial charge is 0.481 e. The molecule has 2 aliphatic rings. The van der Waals surface area contributed by atoms with Crippen molar-refractivity contribution in [2.24, 2.45) is 5.41 Å². The fourth-order valence-corrected chi connectivity index (χ4v) is 3.06. The number of aliphatic carboxylic acids is 1. The summed E-state index contributed by atoms with van der Waals surface area (Å²) >= 11 is 0. The molecule has 3 N–H and O–H groups in total. The van der Waals surface area contributed by atoms with Crippen LogP contribution in [0.5, 0.6) is 0 Å². The minimum absolute atomic E-state index is 0.0358. The quantitative estimate of drug-likeness (QED) is 0.690. The third kappa shape index (κ3) is 3.86. The van der Waals surface area contributed by atoms with Gasteiger partial charge in [0.15, 0.2) is 0 Å². The van der Waals surface area contributed by atoms with Gasteiger partial charge < -0.3 is 20.6 Å². The van der Waals surface area contributed by atoms with E-state index in [0.717, 1.165) is 38.8 Å². The number of likely N-dealkylation sites (tertiary alicyclic amines) is 1. The van der Waals surface area contributed by atoms with Crippen LogP contribution in [0.15, 0.2) is 0 Å². The minimum Gasteiger partial charge on any atom is -0.481 e. The van der Waals surface area contributed by atoms with Gasteiger partial charge >= 0.3 is 12.0 Å². The van der Waals surface area contributed by atoms with E-state index in [4.69, 9.17) is 0 Å². The molecule has 2 rings (SSSR count). The average Bonchev–Trinajstić information content (AvgIpc) is 3.13. The number of nitrogens with one attached hydrogen (secondary N) is 2. The molecule has 7 nitrogen and oxygen atoms in total. The number of hydrogen-bond donors (Lipinski definition) is 3. The topological polar surface area (TPSA) is 98.7 Å². The molecule has 0 atom stereocenters. The van der Waals surface area contributed by atoms with Crippen molar-refractivity contribution >= 4 is 17.9 Å². The summed E-state index contributed by atoms with van der Waals surface area (Å²) in [5.74, 6) is -0.940. The van der Waals surface area contributed by atoms with Crippen molar-refractivity contribution in [3.63, 3.8) is 0 Å². The molecule has 0 bridgehead atoms. The first-order chi connectivity index (χ1) is 10.0. The molecule has 118 valence electrons. The minimum atomic E-state index is -0.853. The van der Waals surface area contributed by atoms with E-state index in [1.54, 1.807) is 4.90 Å². The van der Waals surface area contributed by atoms with Gasteiger partial charge in [0.1, 0.15) is 0 Å². The SMILES string of the molecule is O=C(NCC(=O)N1CCCC1)NCC1(C(=O)O)CCCC1. The van der Waals surface area contributed by atoms with Crippen LogP contribution in [0.4, 0.5) is 4.79 Å². The lowest BCUT2D eigenvalue weighted by atomic mass is 9.86. The Morgan fingerprint density at radius 2 is 1.62 bits per heavy atom. The molecule has 1 heterocycles. The summed E-state index contributed by atoms with van der Waals surface area (Å²) < 4.78 is 0. The molecule has 0 aromatic carbocycles. The molecule has 0 spiro atoms. The number of nitrogens with zero attached hydrogens (tertiary/aromatic N) is 1. The molecule has 1 aliphatic carbocycles. The highest BCUT2D eigenvalue weighted by atomic mass is 16.4. The molecular weight excluding hydrogens is 274 g/mol. The molecule has 1 saturated carbocycles. The monoisotopic (exact) mass is 297 g/mol. The fraction of sp³-hybridized carbons (Fsp3) is 0.786. The summed E-state index contributed by atoms with van der Waals surface area (Å²) in [5, 5.41) is 14.4. The van der Waals surface area contributed by atoms with E-state index in [2.05, 4.69) is 10.6 Å². The lowest BCUT2D eigenvalue weighted by Crippen LogP contribution is -2.47. The second kappa shape index (κ2) is 6.78. The Hall–Kier alpha value is -1.79. The molecule has 7 heteroatoms. The normalized spacial score (nSPS) is 20.3. The third-order valence-electron chi connectivity index (χ3n) is 4.46. The van der Waals surface area contributed by atoms with Crippen molar-refractivity contribution in [3.8, 4) is 0 Å². The summed E-state index contributed by atoms with van der Waals surface area (Å²) in [4.78, 5) is 36.5. The van der Waals surface area contributed by atoms with Gasteiger partial charge in [-0.15, -0.1) is 0 Å². The first-order valence-electron chi connectivity index (χ1n) is 7.56. The molecule has 0 unspecified atom stereocenters. The summed E-state index contributed by atoms with van der Waals surface area (Å²) in [5.41, 5.74) is -0.837. The summed E-state index contributed by atoms with van der Waals surface area (Å²) in [6.45, 7) is 1.59. The Bertz CT molecular complexity index is 412. The maximum absolute atomic E-state index is 11.8. The molecule has 0 radical (unpaired) electrons. The predicted octanol–water partition coefficient (Wildman–Crippen LogP) is 0.553. The van der Waals surface area contributed by atoms with Crippen molar-refractivity contribution in [3.05, 3.63) is 0 Å². The number of carboxylic acids is 1. The molecule has 0 aromatic rings. The highest BCUT2D eigenvalue weighted by Gasteiger charge is 2.41. The Kier molecular flexibility index (Phi) is 5.03. The van der Waals surface area contributed by atoms with E-state index in [1.807, 2.05) is 0 Å². The van der Waals surface area contributed by atoms with Crippen LogP contribution in [0.3, 0.4) is 0 Å². The number of rotatable bonds is 5. The van der Waals surface area contributed by atoms with Crippen molar-refractivity contribution in [1.82, 2.24) is 15.5 Å². The zero-order valence-corrected chi connectivity index (χ0v) is 12.2. The predicted molar refractivity (Wildman–Crippen MR) is 75.8 cm³/mol. The van der Waals surface area contributed by atoms with Gasteiger partial charge in [0, 0.05) is 19.6 Å². The highest BCUT2D eigenvalue weighted by Crippen LogP contribution is 2.37. The van der Waals surface area contributed by atoms with Crippen LogP contribution in [0.2, 0.25) is 0 Å². The van der Waals surface area contributed by atoms with Crippen molar-refractivity contribution in [1.29, 1.82) is 0 Å².